The maximum absolute atomic E-state index is 13.0. The molecule has 198 valence electrons. The van der Waals surface area contributed by atoms with Crippen LogP contribution in [0.1, 0.15) is 72.5 Å². The Kier molecular flexibility index (Phi) is 8.26. The van der Waals surface area contributed by atoms with E-state index in [4.69, 9.17) is 9.47 Å². The maximum Gasteiger partial charge on any atom is 0.227 e. The van der Waals surface area contributed by atoms with Gasteiger partial charge in [-0.1, -0.05) is 30.3 Å². The summed E-state index contributed by atoms with van der Waals surface area (Å²) in [7, 11) is 0. The second-order valence-electron chi connectivity index (χ2n) is 10.9. The summed E-state index contributed by atoms with van der Waals surface area (Å²) in [6, 6.07) is 14.5. The summed E-state index contributed by atoms with van der Waals surface area (Å²) in [5.74, 6) is 1.20. The minimum Gasteiger partial charge on any atom is -0.493 e. The van der Waals surface area contributed by atoms with Gasteiger partial charge in [0.1, 0.15) is 5.75 Å². The lowest BCUT2D eigenvalue weighted by Crippen LogP contribution is -2.49. The number of amides is 1. The van der Waals surface area contributed by atoms with Crippen molar-refractivity contribution in [2.45, 2.75) is 82.9 Å². The highest BCUT2D eigenvalue weighted by Gasteiger charge is 2.40. The number of Topliss-reactive ketones (excluding diaryl/α,β-unsaturated/α-hetero) is 1. The van der Waals surface area contributed by atoms with E-state index in [2.05, 4.69) is 24.3 Å². The zero-order chi connectivity index (χ0) is 25.8. The molecule has 2 aliphatic heterocycles. The van der Waals surface area contributed by atoms with Gasteiger partial charge < -0.3 is 19.5 Å². The van der Waals surface area contributed by atoms with E-state index in [1.807, 2.05) is 24.0 Å². The topological polar surface area (TPSA) is 76.1 Å². The average Bonchev–Trinajstić information content (AvgIpc) is 3.43. The molecule has 2 saturated heterocycles. The summed E-state index contributed by atoms with van der Waals surface area (Å²) in [5, 5.41) is 10.6. The number of morpholine rings is 1. The van der Waals surface area contributed by atoms with Crippen LogP contribution in [0.2, 0.25) is 0 Å². The normalized spacial score (nSPS) is 21.6. The Labute approximate surface area is 220 Å². The van der Waals surface area contributed by atoms with E-state index in [9.17, 15) is 14.7 Å². The van der Waals surface area contributed by atoms with Gasteiger partial charge in [0, 0.05) is 6.42 Å². The van der Waals surface area contributed by atoms with Crippen molar-refractivity contribution in [3.8, 4) is 5.75 Å². The van der Waals surface area contributed by atoms with E-state index in [1.165, 1.54) is 11.1 Å². The molecule has 3 atom stereocenters. The first kappa shape index (κ1) is 25.9. The highest BCUT2D eigenvalue weighted by atomic mass is 16.5. The van der Waals surface area contributed by atoms with Gasteiger partial charge in [-0.15, -0.1) is 0 Å². The Bertz CT molecular complexity index is 1070. The van der Waals surface area contributed by atoms with Crippen LogP contribution < -0.4 is 4.74 Å². The number of fused-ring (bicyclic) bond motifs is 3. The molecule has 0 aromatic heterocycles. The number of rotatable bonds is 11. The Morgan fingerprint density at radius 3 is 2.43 bits per heavy atom. The molecule has 0 radical (unpaired) electrons. The van der Waals surface area contributed by atoms with Crippen LogP contribution in [0.25, 0.3) is 0 Å². The van der Waals surface area contributed by atoms with E-state index in [1.54, 1.807) is 6.07 Å². The number of hydrogen-bond donors (Lipinski definition) is 1. The second kappa shape index (κ2) is 11.8. The molecule has 5 rings (SSSR count). The average molecular weight is 506 g/mol. The highest BCUT2D eigenvalue weighted by Crippen LogP contribution is 2.32. The number of carbonyl (C=O) groups excluding carboxylic acids is 2. The molecule has 37 heavy (non-hydrogen) atoms. The van der Waals surface area contributed by atoms with Gasteiger partial charge in [0.05, 0.1) is 50.0 Å². The fraction of sp³-hybridized carbons (Fsp3) is 0.548. The van der Waals surface area contributed by atoms with E-state index >= 15 is 0 Å². The minimum absolute atomic E-state index is 0.0279. The predicted molar refractivity (Wildman–Crippen MR) is 142 cm³/mol. The third-order valence-electron chi connectivity index (χ3n) is 8.28. The third-order valence-corrected chi connectivity index (χ3v) is 8.28. The van der Waals surface area contributed by atoms with Crippen LogP contribution in [0.4, 0.5) is 0 Å². The van der Waals surface area contributed by atoms with Crippen molar-refractivity contribution in [1.29, 1.82) is 0 Å². The Balaban J connectivity index is 1.13. The molecule has 0 saturated carbocycles. The summed E-state index contributed by atoms with van der Waals surface area (Å²) in [5.41, 5.74) is 4.25. The monoisotopic (exact) mass is 505 g/mol. The number of benzene rings is 2. The third kappa shape index (κ3) is 6.07. The molecule has 2 fully saturated rings. The van der Waals surface area contributed by atoms with Gasteiger partial charge in [-0.25, -0.2) is 0 Å². The van der Waals surface area contributed by atoms with Gasteiger partial charge in [-0.3, -0.25) is 9.59 Å². The number of ether oxygens (including phenoxy) is 2. The smallest absolute Gasteiger partial charge is 0.227 e. The van der Waals surface area contributed by atoms with Crippen LogP contribution in [0.15, 0.2) is 42.5 Å². The van der Waals surface area contributed by atoms with Crippen molar-refractivity contribution in [2.75, 3.05) is 19.8 Å². The van der Waals surface area contributed by atoms with Crippen molar-refractivity contribution < 1.29 is 24.2 Å². The summed E-state index contributed by atoms with van der Waals surface area (Å²) in [4.78, 5) is 28.1. The number of aliphatic hydroxyl groups excluding tert-OH is 1. The molecule has 2 bridgehead atoms. The largest absolute Gasteiger partial charge is 0.493 e. The standard InChI is InChI=1S/C31H39NO5/c1-2-37-30-17-22(18-31(35)32-25-9-10-26(32)20-36-19-25)8-13-28(30)29(34)14-12-27(33)11-7-21-15-23-5-3-4-6-24(23)16-21/h3-6,8,13,17,21,25-27,33H,2,7,9-12,14-16,18-20H2,1H3/t25?,26?,27-/m0/s1. The molecule has 6 heteroatoms. The molecule has 2 unspecified atom stereocenters. The molecule has 3 aliphatic rings. The summed E-state index contributed by atoms with van der Waals surface area (Å²) >= 11 is 0. The fourth-order valence-corrected chi connectivity index (χ4v) is 6.34. The summed E-state index contributed by atoms with van der Waals surface area (Å²) < 4.78 is 11.4. The molecular formula is C31H39NO5. The van der Waals surface area contributed by atoms with Crippen molar-refractivity contribution in [3.05, 3.63) is 64.7 Å². The van der Waals surface area contributed by atoms with E-state index < -0.39 is 6.10 Å². The zero-order valence-electron chi connectivity index (χ0n) is 21.9. The van der Waals surface area contributed by atoms with Gasteiger partial charge in [0.15, 0.2) is 5.78 Å². The number of hydrogen-bond acceptors (Lipinski definition) is 5. The van der Waals surface area contributed by atoms with Crippen molar-refractivity contribution in [2.24, 2.45) is 5.92 Å². The van der Waals surface area contributed by atoms with Crippen LogP contribution in [-0.4, -0.2) is 59.7 Å². The van der Waals surface area contributed by atoms with Crippen molar-refractivity contribution >= 4 is 11.7 Å². The van der Waals surface area contributed by atoms with Crippen LogP contribution in [0, 0.1) is 5.92 Å². The summed E-state index contributed by atoms with van der Waals surface area (Å²) in [6.45, 7) is 3.58. The van der Waals surface area contributed by atoms with Gasteiger partial charge in [-0.05, 0) is 86.6 Å². The van der Waals surface area contributed by atoms with Gasteiger partial charge >= 0.3 is 0 Å². The van der Waals surface area contributed by atoms with Crippen molar-refractivity contribution in [1.82, 2.24) is 4.90 Å². The molecule has 2 heterocycles. The first-order valence-corrected chi connectivity index (χ1v) is 13.9. The van der Waals surface area contributed by atoms with E-state index in [-0.39, 0.29) is 30.2 Å². The molecule has 0 spiro atoms. The van der Waals surface area contributed by atoms with Crippen LogP contribution in [0.3, 0.4) is 0 Å². The number of carbonyl (C=O) groups is 2. The van der Waals surface area contributed by atoms with E-state index in [0.29, 0.717) is 49.9 Å². The maximum atomic E-state index is 13.0. The second-order valence-corrected chi connectivity index (χ2v) is 10.9. The van der Waals surface area contributed by atoms with Crippen molar-refractivity contribution in [3.63, 3.8) is 0 Å². The molecule has 1 N–H and O–H groups in total. The molecule has 1 amide bonds. The van der Waals surface area contributed by atoms with Gasteiger partial charge in [-0.2, -0.15) is 0 Å². The molecule has 2 aromatic rings. The quantitative estimate of drug-likeness (QED) is 0.454. The fourth-order valence-electron chi connectivity index (χ4n) is 6.34. The van der Waals surface area contributed by atoms with E-state index in [0.717, 1.165) is 44.1 Å². The summed E-state index contributed by atoms with van der Waals surface area (Å²) in [6.07, 6.45) is 6.42. The molecule has 2 aromatic carbocycles. The lowest BCUT2D eigenvalue weighted by atomic mass is 9.95. The number of aliphatic hydroxyl groups is 1. The Morgan fingerprint density at radius 2 is 1.76 bits per heavy atom. The molecule has 1 aliphatic carbocycles. The lowest BCUT2D eigenvalue weighted by Gasteiger charge is -2.34. The molecule has 6 nitrogen and oxygen atoms in total. The van der Waals surface area contributed by atoms with Gasteiger partial charge in [0.25, 0.3) is 0 Å². The Hall–Kier alpha value is -2.70. The number of ketones is 1. The number of nitrogens with zero attached hydrogens (tertiary/aromatic N) is 1. The zero-order valence-corrected chi connectivity index (χ0v) is 21.9. The predicted octanol–water partition coefficient (Wildman–Crippen LogP) is 4.54. The van der Waals surface area contributed by atoms with Crippen LogP contribution in [-0.2, 0) is 28.8 Å². The van der Waals surface area contributed by atoms with Crippen LogP contribution in [0.5, 0.6) is 5.75 Å². The first-order chi connectivity index (χ1) is 18.0. The first-order valence-electron chi connectivity index (χ1n) is 13.9. The lowest BCUT2D eigenvalue weighted by molar-refractivity contribution is -0.140. The highest BCUT2D eigenvalue weighted by molar-refractivity contribution is 5.98. The Morgan fingerprint density at radius 1 is 1.05 bits per heavy atom. The SMILES string of the molecule is CCOc1cc(CC(=O)N2C3CCC2COC3)ccc1C(=O)CC[C@@H](O)CCC1Cc2ccccc2C1. The van der Waals surface area contributed by atoms with Gasteiger partial charge in [0.2, 0.25) is 5.91 Å². The van der Waals surface area contributed by atoms with Crippen LogP contribution >= 0.6 is 0 Å². The minimum atomic E-state index is -0.482. The molecular weight excluding hydrogens is 466 g/mol.